The van der Waals surface area contributed by atoms with Crippen LogP contribution in [0.2, 0.25) is 0 Å². The van der Waals surface area contributed by atoms with Crippen molar-refractivity contribution in [3.63, 3.8) is 0 Å². The average molecular weight is 612 g/mol. The number of alkyl halides is 4. The van der Waals surface area contributed by atoms with Crippen molar-refractivity contribution < 1.29 is 45.0 Å². The fraction of sp³-hybridized carbons (Fsp3) is 0.385. The molecule has 2 amide bonds. The van der Waals surface area contributed by atoms with E-state index < -0.39 is 46.0 Å². The number of primary amides is 1. The molecular formula is C26H25F4N5O6S. The first-order valence-electron chi connectivity index (χ1n) is 12.7. The second-order valence-corrected chi connectivity index (χ2v) is 12.2. The third-order valence-electron chi connectivity index (χ3n) is 6.93. The topological polar surface area (TPSA) is 147 Å². The molecule has 0 spiro atoms. The van der Waals surface area contributed by atoms with E-state index in [1.54, 1.807) is 6.20 Å². The van der Waals surface area contributed by atoms with Gasteiger partial charge >= 0.3 is 6.36 Å². The Bertz CT molecular complexity index is 1580. The van der Waals surface area contributed by atoms with Crippen molar-refractivity contribution in [2.45, 2.75) is 37.5 Å². The number of benzene rings is 1. The Morgan fingerprint density at radius 3 is 2.43 bits per heavy atom. The van der Waals surface area contributed by atoms with Gasteiger partial charge in [0.05, 0.1) is 36.7 Å². The number of hydrogen-bond acceptors (Lipinski definition) is 8. The molecule has 2 fully saturated rings. The molecule has 5 rings (SSSR count). The van der Waals surface area contributed by atoms with Crippen LogP contribution in [-0.4, -0.2) is 83.1 Å². The number of halogens is 4. The fourth-order valence-corrected chi connectivity index (χ4v) is 6.12. The zero-order chi connectivity index (χ0) is 30.2. The maximum atomic E-state index is 15.1. The van der Waals surface area contributed by atoms with E-state index in [9.17, 15) is 31.2 Å². The highest BCUT2D eigenvalue weighted by molar-refractivity contribution is 7.92. The van der Waals surface area contributed by atoms with Gasteiger partial charge in [-0.2, -0.15) is 5.10 Å². The number of ether oxygens (including phenoxy) is 2. The van der Waals surface area contributed by atoms with Gasteiger partial charge in [-0.05, 0) is 23.8 Å². The third-order valence-corrected chi connectivity index (χ3v) is 8.71. The molecule has 3 aromatic rings. The van der Waals surface area contributed by atoms with Gasteiger partial charge in [-0.3, -0.25) is 14.3 Å². The van der Waals surface area contributed by atoms with Crippen molar-refractivity contribution in [2.75, 3.05) is 24.6 Å². The molecule has 2 N–H and O–H groups in total. The second kappa shape index (κ2) is 11.2. The van der Waals surface area contributed by atoms with Crippen LogP contribution < -0.4 is 15.2 Å². The van der Waals surface area contributed by atoms with E-state index >= 15 is 4.39 Å². The molecule has 0 aliphatic carbocycles. The number of carbonyl (C=O) groups is 2. The Kier molecular flexibility index (Phi) is 7.83. The van der Waals surface area contributed by atoms with Gasteiger partial charge < -0.3 is 20.1 Å². The van der Waals surface area contributed by atoms with E-state index in [1.165, 1.54) is 40.2 Å². The van der Waals surface area contributed by atoms with Crippen molar-refractivity contribution in [1.29, 1.82) is 0 Å². The monoisotopic (exact) mass is 611 g/mol. The number of piperidine rings is 1. The quantitative estimate of drug-likeness (QED) is 0.383. The molecule has 0 bridgehead atoms. The molecule has 2 aliphatic heterocycles. The van der Waals surface area contributed by atoms with E-state index in [4.69, 9.17) is 10.5 Å². The number of rotatable bonds is 8. The number of carbonyl (C=O) groups excluding carboxylic acids is 2. The SMILES string of the molecule is NC(=O)c1cc(-c2cnn(C3CS(=O)(=O)C3)c2)cnc1OC1CCN(C(=O)Cc2ccc(OC(F)(F)F)cc2)CC1F. The molecule has 0 radical (unpaired) electrons. The van der Waals surface area contributed by atoms with Crippen molar-refractivity contribution in [2.24, 2.45) is 5.73 Å². The van der Waals surface area contributed by atoms with Crippen LogP contribution >= 0.6 is 0 Å². The number of sulfone groups is 1. The Hall–Kier alpha value is -4.21. The summed E-state index contributed by atoms with van der Waals surface area (Å²) >= 11 is 0. The predicted molar refractivity (Wildman–Crippen MR) is 139 cm³/mol. The van der Waals surface area contributed by atoms with Crippen LogP contribution in [0.25, 0.3) is 11.1 Å². The first kappa shape index (κ1) is 29.3. The van der Waals surface area contributed by atoms with Gasteiger partial charge in [0.1, 0.15) is 17.4 Å². The molecule has 0 saturated carbocycles. The Labute approximate surface area is 237 Å². The standard InChI is InChI=1S/C26H25F4N5O6S/c27-21-12-34(23(36)7-15-1-3-19(4-2-15)41-26(28,29)30)6-5-22(21)40-25-20(24(31)37)8-16(9-32-25)17-10-33-35(11-17)18-13-42(38,39)14-18/h1-4,8-11,18,21-22H,5-7,12-14H2,(H2,31,37). The second-order valence-electron chi connectivity index (χ2n) is 10.0. The van der Waals surface area contributed by atoms with E-state index in [1.807, 2.05) is 0 Å². The van der Waals surface area contributed by atoms with Gasteiger partial charge in [0.25, 0.3) is 5.91 Å². The molecule has 16 heteroatoms. The molecule has 2 aromatic heterocycles. The van der Waals surface area contributed by atoms with Crippen LogP contribution in [0, 0.1) is 0 Å². The highest BCUT2D eigenvalue weighted by atomic mass is 32.2. The number of nitrogens with two attached hydrogens (primary N) is 1. The molecule has 11 nitrogen and oxygen atoms in total. The lowest BCUT2D eigenvalue weighted by Gasteiger charge is -2.34. The lowest BCUT2D eigenvalue weighted by molar-refractivity contribution is -0.274. The normalized spacial score (nSPS) is 20.5. The van der Waals surface area contributed by atoms with E-state index in [-0.39, 0.29) is 54.9 Å². The predicted octanol–water partition coefficient (Wildman–Crippen LogP) is 2.47. The Morgan fingerprint density at radius 1 is 1.10 bits per heavy atom. The summed E-state index contributed by atoms with van der Waals surface area (Å²) in [6, 6.07) is 6.00. The molecule has 2 saturated heterocycles. The first-order chi connectivity index (χ1) is 19.8. The van der Waals surface area contributed by atoms with Crippen LogP contribution in [-0.2, 0) is 21.1 Å². The van der Waals surface area contributed by atoms with Crippen LogP contribution in [0.3, 0.4) is 0 Å². The van der Waals surface area contributed by atoms with E-state index in [0.29, 0.717) is 16.7 Å². The number of likely N-dealkylation sites (tertiary alicyclic amines) is 1. The summed E-state index contributed by atoms with van der Waals surface area (Å²) in [5.74, 6) is -1.87. The van der Waals surface area contributed by atoms with Crippen molar-refractivity contribution in [1.82, 2.24) is 19.7 Å². The van der Waals surface area contributed by atoms with Crippen molar-refractivity contribution in [3.05, 3.63) is 60.0 Å². The summed E-state index contributed by atoms with van der Waals surface area (Å²) in [7, 11) is -3.04. The van der Waals surface area contributed by atoms with Crippen LogP contribution in [0.1, 0.15) is 28.4 Å². The Morgan fingerprint density at radius 2 is 1.81 bits per heavy atom. The smallest absolute Gasteiger partial charge is 0.471 e. The first-order valence-corrected chi connectivity index (χ1v) is 14.6. The van der Waals surface area contributed by atoms with Crippen LogP contribution in [0.15, 0.2) is 48.9 Å². The maximum Gasteiger partial charge on any atom is 0.573 e. The zero-order valence-corrected chi connectivity index (χ0v) is 22.6. The minimum absolute atomic E-state index is 0.00557. The van der Waals surface area contributed by atoms with Gasteiger partial charge in [-0.15, -0.1) is 13.2 Å². The third kappa shape index (κ3) is 6.80. The minimum atomic E-state index is -4.83. The van der Waals surface area contributed by atoms with Crippen LogP contribution in [0.4, 0.5) is 17.6 Å². The molecule has 2 unspecified atom stereocenters. The van der Waals surface area contributed by atoms with Gasteiger partial charge in [-0.1, -0.05) is 12.1 Å². The summed E-state index contributed by atoms with van der Waals surface area (Å²) in [4.78, 5) is 30.3. The minimum Gasteiger partial charge on any atom is -0.471 e. The zero-order valence-electron chi connectivity index (χ0n) is 21.8. The lowest BCUT2D eigenvalue weighted by Crippen LogP contribution is -2.49. The number of hydrogen-bond donors (Lipinski definition) is 1. The summed E-state index contributed by atoms with van der Waals surface area (Å²) in [6.45, 7) is -0.155. The van der Waals surface area contributed by atoms with Gasteiger partial charge in [0, 0.05) is 36.5 Å². The van der Waals surface area contributed by atoms with Gasteiger partial charge in [0.15, 0.2) is 16.0 Å². The number of nitrogens with zero attached hydrogens (tertiary/aromatic N) is 4. The summed E-state index contributed by atoms with van der Waals surface area (Å²) < 4.78 is 86.1. The molecule has 2 aliphatic rings. The maximum absolute atomic E-state index is 15.1. The number of aromatic nitrogens is 3. The molecule has 4 heterocycles. The largest absolute Gasteiger partial charge is 0.573 e. The van der Waals surface area contributed by atoms with Gasteiger partial charge in [0.2, 0.25) is 11.8 Å². The highest BCUT2D eigenvalue weighted by Gasteiger charge is 2.36. The molecule has 42 heavy (non-hydrogen) atoms. The summed E-state index contributed by atoms with van der Waals surface area (Å²) in [6.07, 6.45) is -2.99. The van der Waals surface area contributed by atoms with Crippen LogP contribution in [0.5, 0.6) is 11.6 Å². The lowest BCUT2D eigenvalue weighted by atomic mass is 10.0. The number of amides is 2. The average Bonchev–Trinajstić information content (AvgIpc) is 3.39. The van der Waals surface area contributed by atoms with E-state index in [0.717, 1.165) is 12.1 Å². The summed E-state index contributed by atoms with van der Waals surface area (Å²) in [5.41, 5.74) is 6.92. The van der Waals surface area contributed by atoms with E-state index in [2.05, 4.69) is 14.8 Å². The molecule has 1 aromatic carbocycles. The molecular weight excluding hydrogens is 586 g/mol. The summed E-state index contributed by atoms with van der Waals surface area (Å²) in [5, 5.41) is 4.19. The molecule has 2 atom stereocenters. The number of pyridine rings is 1. The Balaban J connectivity index is 1.19. The van der Waals surface area contributed by atoms with Gasteiger partial charge in [-0.25, -0.2) is 17.8 Å². The highest BCUT2D eigenvalue weighted by Crippen LogP contribution is 2.30. The molecule has 224 valence electrons. The van der Waals surface area contributed by atoms with Crippen molar-refractivity contribution >= 4 is 21.7 Å². The van der Waals surface area contributed by atoms with Crippen molar-refractivity contribution in [3.8, 4) is 22.8 Å². The fourth-order valence-electron chi connectivity index (χ4n) is 4.74.